The molecule has 0 saturated carbocycles. The molecule has 0 aliphatic heterocycles. The molecule has 0 bridgehead atoms. The zero-order valence-corrected chi connectivity index (χ0v) is 9.87. The maximum atomic E-state index is 13.1. The molecule has 0 unspecified atom stereocenters. The molecule has 8 heteroatoms. The van der Waals surface area contributed by atoms with Gasteiger partial charge in [0, 0.05) is 6.42 Å². The summed E-state index contributed by atoms with van der Waals surface area (Å²) in [6.45, 7) is -0.821. The van der Waals surface area contributed by atoms with Gasteiger partial charge in [0.25, 0.3) is 17.8 Å². The molecule has 0 heterocycles. The lowest BCUT2D eigenvalue weighted by Gasteiger charge is -2.25. The minimum absolute atomic E-state index is 0.181. The second-order valence-electron chi connectivity index (χ2n) is 4.22. The van der Waals surface area contributed by atoms with E-state index in [1.807, 2.05) is 0 Å². The minimum Gasteiger partial charge on any atom is -0.394 e. The van der Waals surface area contributed by atoms with Crippen molar-refractivity contribution in [3.05, 3.63) is 0 Å². The second-order valence-corrected chi connectivity index (χ2v) is 4.22. The van der Waals surface area contributed by atoms with E-state index in [0.29, 0.717) is 0 Å². The molecular weight excluding hydrogens is 266 g/mol. The number of hydrogen-bond acceptors (Lipinski definition) is 2. The molecule has 0 aliphatic rings. The van der Waals surface area contributed by atoms with E-state index in [4.69, 9.17) is 5.11 Å². The van der Waals surface area contributed by atoms with Crippen molar-refractivity contribution < 1.29 is 36.2 Å². The van der Waals surface area contributed by atoms with Gasteiger partial charge in [-0.3, -0.25) is 0 Å². The Labute approximate surface area is 101 Å². The van der Waals surface area contributed by atoms with Gasteiger partial charge in [-0.1, -0.05) is 0 Å². The predicted octanol–water partition coefficient (Wildman–Crippen LogP) is 3.09. The largest absolute Gasteiger partial charge is 0.394 e. The summed E-state index contributed by atoms with van der Waals surface area (Å²) in [7, 11) is 0. The molecule has 0 amide bonds. The number of alkyl halides is 6. The molecule has 0 aliphatic carbocycles. The van der Waals surface area contributed by atoms with E-state index in [0.717, 1.165) is 0 Å². The maximum Gasteiger partial charge on any atom is 0.259 e. The summed E-state index contributed by atoms with van der Waals surface area (Å²) in [6, 6.07) is 0. The average molecular weight is 282 g/mol. The second kappa shape index (κ2) is 6.60. The summed E-state index contributed by atoms with van der Waals surface area (Å²) in [4.78, 5) is 0. The summed E-state index contributed by atoms with van der Waals surface area (Å²) >= 11 is 0. The predicted molar refractivity (Wildman–Crippen MR) is 52.3 cm³/mol. The fourth-order valence-electron chi connectivity index (χ4n) is 1.37. The monoisotopic (exact) mass is 282 g/mol. The third-order valence-electron chi connectivity index (χ3n) is 1.93. The highest BCUT2D eigenvalue weighted by atomic mass is 19.3. The van der Waals surface area contributed by atoms with Crippen LogP contribution < -0.4 is 0 Å². The number of rotatable bonds is 9. The highest BCUT2D eigenvalue weighted by molar-refractivity contribution is 4.81. The van der Waals surface area contributed by atoms with Gasteiger partial charge in [0.15, 0.2) is 0 Å². The van der Waals surface area contributed by atoms with E-state index < -0.39 is 43.6 Å². The molecule has 0 spiro atoms. The molecule has 0 aromatic rings. The van der Waals surface area contributed by atoms with Crippen LogP contribution in [0.4, 0.5) is 26.3 Å². The fraction of sp³-hybridized carbons (Fsp3) is 1.00. The van der Waals surface area contributed by atoms with Crippen molar-refractivity contribution in [1.82, 2.24) is 0 Å². The van der Waals surface area contributed by atoms with Gasteiger partial charge >= 0.3 is 0 Å². The van der Waals surface area contributed by atoms with Crippen molar-refractivity contribution in [2.24, 2.45) is 0 Å². The zero-order chi connectivity index (χ0) is 14.4. The Morgan fingerprint density at radius 2 is 1.44 bits per heavy atom. The summed E-state index contributed by atoms with van der Waals surface area (Å²) in [5.74, 6) is -11.6. The maximum absolute atomic E-state index is 13.1. The first-order chi connectivity index (χ1) is 7.97. The van der Waals surface area contributed by atoms with Crippen LogP contribution in [0.2, 0.25) is 0 Å². The van der Waals surface area contributed by atoms with Gasteiger partial charge in [-0.15, -0.1) is 0 Å². The van der Waals surface area contributed by atoms with Crippen molar-refractivity contribution >= 4 is 0 Å². The Bertz CT molecular complexity index is 239. The van der Waals surface area contributed by atoms with Gasteiger partial charge in [0.2, 0.25) is 0 Å². The topological polar surface area (TPSA) is 29.5 Å². The molecule has 0 saturated heterocycles. The number of halogens is 6. The van der Waals surface area contributed by atoms with E-state index >= 15 is 0 Å². The van der Waals surface area contributed by atoms with Crippen molar-refractivity contribution in [3.63, 3.8) is 0 Å². The van der Waals surface area contributed by atoms with Crippen LogP contribution in [0.5, 0.6) is 0 Å². The summed E-state index contributed by atoms with van der Waals surface area (Å²) in [5, 5.41) is 8.29. The van der Waals surface area contributed by atoms with Crippen LogP contribution in [0.3, 0.4) is 0 Å². The van der Waals surface area contributed by atoms with Gasteiger partial charge in [-0.2, -0.15) is 0 Å². The van der Waals surface area contributed by atoms with Crippen molar-refractivity contribution in [2.45, 2.75) is 44.0 Å². The molecule has 0 aromatic heterocycles. The quantitative estimate of drug-likeness (QED) is 0.520. The van der Waals surface area contributed by atoms with Gasteiger partial charge in [0.1, 0.15) is 0 Å². The molecule has 0 fully saturated rings. The number of aliphatic hydroxyl groups is 1. The standard InChI is InChI=1S/C10H16F6O2/c1-8(11,12)6-10(15,16)7-9(13,14)2-4-18-5-3-17/h17H,2-7H2,1H3. The van der Waals surface area contributed by atoms with Crippen LogP contribution in [0, 0.1) is 0 Å². The Morgan fingerprint density at radius 3 is 1.89 bits per heavy atom. The van der Waals surface area contributed by atoms with Crippen LogP contribution in [-0.2, 0) is 4.74 Å². The molecule has 18 heavy (non-hydrogen) atoms. The van der Waals surface area contributed by atoms with E-state index in [1.54, 1.807) is 0 Å². The zero-order valence-electron chi connectivity index (χ0n) is 9.87. The molecule has 2 nitrogen and oxygen atoms in total. The normalized spacial score (nSPS) is 14.0. The average Bonchev–Trinajstić information content (AvgIpc) is 2.06. The number of ether oxygens (including phenoxy) is 1. The van der Waals surface area contributed by atoms with Crippen LogP contribution in [0.25, 0.3) is 0 Å². The smallest absolute Gasteiger partial charge is 0.259 e. The lowest BCUT2D eigenvalue weighted by molar-refractivity contribution is -0.157. The first kappa shape index (κ1) is 17.5. The Hall–Kier alpha value is -0.500. The Kier molecular flexibility index (Phi) is 6.42. The van der Waals surface area contributed by atoms with Crippen LogP contribution in [-0.4, -0.2) is 42.7 Å². The van der Waals surface area contributed by atoms with Gasteiger partial charge in [0.05, 0.1) is 32.7 Å². The van der Waals surface area contributed by atoms with Gasteiger partial charge < -0.3 is 9.84 Å². The lowest BCUT2D eigenvalue weighted by atomic mass is 10.0. The highest BCUT2D eigenvalue weighted by Crippen LogP contribution is 2.39. The van der Waals surface area contributed by atoms with E-state index in [9.17, 15) is 26.3 Å². The van der Waals surface area contributed by atoms with Crippen molar-refractivity contribution in [3.8, 4) is 0 Å². The molecule has 0 radical (unpaired) electrons. The summed E-state index contributed by atoms with van der Waals surface area (Å²) in [5.41, 5.74) is 0. The SMILES string of the molecule is CC(F)(F)CC(F)(F)CC(F)(F)CCOCCO. The molecule has 0 rings (SSSR count). The van der Waals surface area contributed by atoms with E-state index in [1.165, 1.54) is 0 Å². The van der Waals surface area contributed by atoms with Crippen LogP contribution in [0.15, 0.2) is 0 Å². The molecule has 0 atom stereocenters. The van der Waals surface area contributed by atoms with E-state index in [2.05, 4.69) is 4.74 Å². The molecule has 110 valence electrons. The highest BCUT2D eigenvalue weighted by Gasteiger charge is 2.47. The number of hydrogen-bond donors (Lipinski definition) is 1. The van der Waals surface area contributed by atoms with Crippen molar-refractivity contribution in [2.75, 3.05) is 19.8 Å². The number of aliphatic hydroxyl groups excluding tert-OH is 1. The lowest BCUT2D eigenvalue weighted by Crippen LogP contribution is -2.34. The van der Waals surface area contributed by atoms with Crippen molar-refractivity contribution in [1.29, 1.82) is 0 Å². The first-order valence-corrected chi connectivity index (χ1v) is 5.30. The minimum atomic E-state index is -4.14. The summed E-state index contributed by atoms with van der Waals surface area (Å²) in [6.07, 6.45) is -4.85. The Morgan fingerprint density at radius 1 is 0.889 bits per heavy atom. The Balaban J connectivity index is 4.20. The van der Waals surface area contributed by atoms with E-state index in [-0.39, 0.29) is 20.1 Å². The molecular formula is C10H16F6O2. The summed E-state index contributed by atoms with van der Waals surface area (Å²) < 4.78 is 81.3. The third-order valence-corrected chi connectivity index (χ3v) is 1.93. The van der Waals surface area contributed by atoms with Gasteiger partial charge in [-0.25, -0.2) is 26.3 Å². The third kappa shape index (κ3) is 9.52. The van der Waals surface area contributed by atoms with Crippen LogP contribution in [0.1, 0.15) is 26.2 Å². The molecule has 0 aromatic carbocycles. The molecule has 1 N–H and O–H groups in total. The van der Waals surface area contributed by atoms with Crippen LogP contribution >= 0.6 is 0 Å². The fourth-order valence-corrected chi connectivity index (χ4v) is 1.37. The van der Waals surface area contributed by atoms with Gasteiger partial charge in [-0.05, 0) is 6.92 Å². The first-order valence-electron chi connectivity index (χ1n) is 5.30.